The summed E-state index contributed by atoms with van der Waals surface area (Å²) < 4.78 is 0. The monoisotopic (exact) mass is 277 g/mol. The normalized spacial score (nSPS) is 22.6. The molecule has 1 atom stereocenters. The molecule has 0 spiro atoms. The number of carbonyl (C=O) groups is 1. The number of carboxylic acids is 1. The van der Waals surface area contributed by atoms with Crippen molar-refractivity contribution in [2.24, 2.45) is 0 Å². The molecule has 2 rings (SSSR count). The lowest BCUT2D eigenvalue weighted by Gasteiger charge is -2.34. The number of aromatic nitrogens is 2. The standard InChI is InChI=1S/C15H23N3O2/c1-5-15(13(19)20)7-6-8-18(15)14-16-11(4)9-12(17-14)10(2)3/h9-10H,5-8H2,1-4H3,(H,19,20). The van der Waals surface area contributed by atoms with Gasteiger partial charge in [0.25, 0.3) is 0 Å². The highest BCUT2D eigenvalue weighted by molar-refractivity contribution is 5.83. The van der Waals surface area contributed by atoms with Crippen molar-refractivity contribution in [3.8, 4) is 0 Å². The third-order valence-corrected chi connectivity index (χ3v) is 4.17. The molecule has 110 valence electrons. The van der Waals surface area contributed by atoms with Gasteiger partial charge in [0, 0.05) is 17.9 Å². The highest BCUT2D eigenvalue weighted by Crippen LogP contribution is 2.35. The van der Waals surface area contributed by atoms with Crippen molar-refractivity contribution < 1.29 is 9.90 Å². The fraction of sp³-hybridized carbons (Fsp3) is 0.667. The SMILES string of the molecule is CCC1(C(=O)O)CCCN1c1nc(C)cc(C(C)C)n1. The Bertz CT molecular complexity index is 516. The van der Waals surface area contributed by atoms with Crippen molar-refractivity contribution in [1.82, 2.24) is 9.97 Å². The molecule has 0 aromatic carbocycles. The van der Waals surface area contributed by atoms with Crippen molar-refractivity contribution in [2.75, 3.05) is 11.4 Å². The summed E-state index contributed by atoms with van der Waals surface area (Å²) in [6.45, 7) is 8.73. The van der Waals surface area contributed by atoms with Crippen LogP contribution in [0.2, 0.25) is 0 Å². The van der Waals surface area contributed by atoms with E-state index in [1.807, 2.05) is 24.8 Å². The first kappa shape index (κ1) is 14.8. The molecule has 0 saturated carbocycles. The number of aliphatic carboxylic acids is 1. The van der Waals surface area contributed by atoms with E-state index >= 15 is 0 Å². The second-order valence-electron chi connectivity index (χ2n) is 5.83. The van der Waals surface area contributed by atoms with E-state index in [9.17, 15) is 9.90 Å². The third kappa shape index (κ3) is 2.37. The molecule has 0 amide bonds. The number of carboxylic acid groups (broad SMARTS) is 1. The van der Waals surface area contributed by atoms with Crippen LogP contribution in [0.3, 0.4) is 0 Å². The van der Waals surface area contributed by atoms with Crippen LogP contribution in [0.1, 0.15) is 57.3 Å². The first-order valence-corrected chi connectivity index (χ1v) is 7.27. The van der Waals surface area contributed by atoms with E-state index in [-0.39, 0.29) is 0 Å². The molecule has 1 aliphatic heterocycles. The number of hydrogen-bond acceptors (Lipinski definition) is 4. The van der Waals surface area contributed by atoms with Crippen molar-refractivity contribution in [2.45, 2.75) is 58.4 Å². The summed E-state index contributed by atoms with van der Waals surface area (Å²) in [5.74, 6) is 0.100. The molecular formula is C15H23N3O2. The molecule has 1 N–H and O–H groups in total. The zero-order chi connectivity index (χ0) is 14.9. The van der Waals surface area contributed by atoms with E-state index in [1.165, 1.54) is 0 Å². The van der Waals surface area contributed by atoms with E-state index < -0.39 is 11.5 Å². The zero-order valence-electron chi connectivity index (χ0n) is 12.7. The Morgan fingerprint density at radius 1 is 1.50 bits per heavy atom. The predicted octanol–water partition coefficient (Wildman–Crippen LogP) is 2.74. The lowest BCUT2D eigenvalue weighted by Crippen LogP contribution is -2.51. The number of rotatable bonds is 4. The number of hydrogen-bond donors (Lipinski definition) is 1. The summed E-state index contributed by atoms with van der Waals surface area (Å²) >= 11 is 0. The van der Waals surface area contributed by atoms with E-state index in [1.54, 1.807) is 0 Å². The topological polar surface area (TPSA) is 66.3 Å². The van der Waals surface area contributed by atoms with E-state index in [0.29, 0.717) is 31.3 Å². The minimum absolute atomic E-state index is 0.305. The maximum Gasteiger partial charge on any atom is 0.329 e. The van der Waals surface area contributed by atoms with Gasteiger partial charge >= 0.3 is 5.97 Å². The lowest BCUT2D eigenvalue weighted by atomic mass is 9.93. The van der Waals surface area contributed by atoms with E-state index in [0.717, 1.165) is 17.8 Å². The van der Waals surface area contributed by atoms with Crippen molar-refractivity contribution >= 4 is 11.9 Å². The van der Waals surface area contributed by atoms with Gasteiger partial charge in [-0.25, -0.2) is 14.8 Å². The summed E-state index contributed by atoms with van der Waals surface area (Å²) in [6.07, 6.45) is 2.10. The van der Waals surface area contributed by atoms with Crippen molar-refractivity contribution in [1.29, 1.82) is 0 Å². The Kier molecular flexibility index (Phi) is 3.97. The largest absolute Gasteiger partial charge is 0.479 e. The van der Waals surface area contributed by atoms with Gasteiger partial charge in [0.05, 0.1) is 0 Å². The first-order valence-electron chi connectivity index (χ1n) is 7.27. The van der Waals surface area contributed by atoms with Gasteiger partial charge in [-0.1, -0.05) is 20.8 Å². The van der Waals surface area contributed by atoms with Crippen LogP contribution < -0.4 is 4.90 Å². The maximum atomic E-state index is 11.7. The Balaban J connectivity index is 2.47. The maximum absolute atomic E-state index is 11.7. The molecule has 1 saturated heterocycles. The molecule has 1 aromatic heterocycles. The van der Waals surface area contributed by atoms with Crippen LogP contribution >= 0.6 is 0 Å². The average molecular weight is 277 g/mol. The third-order valence-electron chi connectivity index (χ3n) is 4.17. The Morgan fingerprint density at radius 2 is 2.20 bits per heavy atom. The van der Waals surface area contributed by atoms with Gasteiger partial charge in [-0.3, -0.25) is 0 Å². The van der Waals surface area contributed by atoms with Gasteiger partial charge in [-0.05, 0) is 38.2 Å². The Morgan fingerprint density at radius 3 is 2.75 bits per heavy atom. The summed E-state index contributed by atoms with van der Waals surface area (Å²) in [4.78, 5) is 22.7. The highest BCUT2D eigenvalue weighted by atomic mass is 16.4. The molecule has 20 heavy (non-hydrogen) atoms. The molecule has 2 heterocycles. The molecule has 0 radical (unpaired) electrons. The quantitative estimate of drug-likeness (QED) is 0.916. The fourth-order valence-electron chi connectivity index (χ4n) is 2.90. The van der Waals surface area contributed by atoms with Crippen LogP contribution in [-0.4, -0.2) is 33.1 Å². The summed E-state index contributed by atoms with van der Waals surface area (Å²) in [7, 11) is 0. The minimum Gasteiger partial charge on any atom is -0.479 e. The van der Waals surface area contributed by atoms with Gasteiger partial charge < -0.3 is 10.0 Å². The van der Waals surface area contributed by atoms with E-state index in [4.69, 9.17) is 0 Å². The van der Waals surface area contributed by atoms with Crippen LogP contribution in [0.5, 0.6) is 0 Å². The lowest BCUT2D eigenvalue weighted by molar-refractivity contribution is -0.143. The molecule has 0 bridgehead atoms. The van der Waals surface area contributed by atoms with Gasteiger partial charge in [-0.2, -0.15) is 0 Å². The molecular weight excluding hydrogens is 254 g/mol. The molecule has 1 aliphatic rings. The van der Waals surface area contributed by atoms with Gasteiger partial charge in [0.1, 0.15) is 5.54 Å². The van der Waals surface area contributed by atoms with E-state index in [2.05, 4.69) is 23.8 Å². The Labute approximate surface area is 120 Å². The van der Waals surface area contributed by atoms with Crippen LogP contribution in [0.15, 0.2) is 6.07 Å². The summed E-state index contributed by atoms with van der Waals surface area (Å²) in [6, 6.07) is 1.97. The van der Waals surface area contributed by atoms with Gasteiger partial charge in [0.15, 0.2) is 0 Å². The van der Waals surface area contributed by atoms with Crippen LogP contribution in [0.25, 0.3) is 0 Å². The highest BCUT2D eigenvalue weighted by Gasteiger charge is 2.47. The molecule has 5 heteroatoms. The molecule has 1 aromatic rings. The van der Waals surface area contributed by atoms with Crippen LogP contribution in [0.4, 0.5) is 5.95 Å². The minimum atomic E-state index is -0.845. The zero-order valence-corrected chi connectivity index (χ0v) is 12.7. The van der Waals surface area contributed by atoms with Crippen LogP contribution in [0, 0.1) is 6.92 Å². The molecule has 1 fully saturated rings. The van der Waals surface area contributed by atoms with Gasteiger partial charge in [-0.15, -0.1) is 0 Å². The number of nitrogens with zero attached hydrogens (tertiary/aromatic N) is 3. The summed E-state index contributed by atoms with van der Waals surface area (Å²) in [5, 5.41) is 9.65. The molecule has 1 unspecified atom stereocenters. The molecule has 5 nitrogen and oxygen atoms in total. The molecule has 0 aliphatic carbocycles. The predicted molar refractivity (Wildman–Crippen MR) is 78.1 cm³/mol. The second kappa shape index (κ2) is 5.38. The second-order valence-corrected chi connectivity index (χ2v) is 5.83. The Hall–Kier alpha value is -1.65. The smallest absolute Gasteiger partial charge is 0.329 e. The van der Waals surface area contributed by atoms with Crippen molar-refractivity contribution in [3.63, 3.8) is 0 Å². The number of anilines is 1. The van der Waals surface area contributed by atoms with Crippen molar-refractivity contribution in [3.05, 3.63) is 17.5 Å². The number of aryl methyl sites for hydroxylation is 1. The fourth-order valence-corrected chi connectivity index (χ4v) is 2.90. The summed E-state index contributed by atoms with van der Waals surface area (Å²) in [5.41, 5.74) is 1.01. The van der Waals surface area contributed by atoms with Gasteiger partial charge in [0.2, 0.25) is 5.95 Å². The first-order chi connectivity index (χ1) is 9.40. The van der Waals surface area contributed by atoms with Crippen LogP contribution in [-0.2, 0) is 4.79 Å². The average Bonchev–Trinajstić information content (AvgIpc) is 2.82.